The highest BCUT2D eigenvalue weighted by molar-refractivity contribution is 5.82. The van der Waals surface area contributed by atoms with Gasteiger partial charge in [-0.1, -0.05) is 0 Å². The number of aromatic nitrogens is 1. The van der Waals surface area contributed by atoms with Gasteiger partial charge in [-0.2, -0.15) is 0 Å². The van der Waals surface area contributed by atoms with Crippen LogP contribution >= 0.6 is 0 Å². The minimum Gasteiger partial charge on any atom is -0.444 e. The summed E-state index contributed by atoms with van der Waals surface area (Å²) in [5, 5.41) is 0. The molecule has 1 aromatic rings. The Morgan fingerprint density at radius 1 is 1.32 bits per heavy atom. The molecule has 0 radical (unpaired) electrons. The Labute approximate surface area is 128 Å². The van der Waals surface area contributed by atoms with Crippen LogP contribution in [0.4, 0.5) is 15.0 Å². The van der Waals surface area contributed by atoms with E-state index < -0.39 is 11.4 Å². The summed E-state index contributed by atoms with van der Waals surface area (Å²) in [6.07, 6.45) is 1.32. The van der Waals surface area contributed by atoms with E-state index in [0.717, 1.165) is 12.3 Å². The summed E-state index contributed by atoms with van der Waals surface area (Å²) >= 11 is 0. The van der Waals surface area contributed by atoms with Gasteiger partial charge < -0.3 is 14.5 Å². The van der Waals surface area contributed by atoms with Gasteiger partial charge in [0.05, 0.1) is 11.8 Å². The number of nitrogens with zero attached hydrogens (tertiary/aromatic N) is 3. The number of aldehydes is 1. The molecule has 2 heterocycles. The van der Waals surface area contributed by atoms with E-state index in [4.69, 9.17) is 4.74 Å². The third-order valence-electron chi connectivity index (χ3n) is 3.22. The zero-order valence-electron chi connectivity index (χ0n) is 13.0. The number of pyridine rings is 1. The lowest BCUT2D eigenvalue weighted by atomic mass is 10.2. The van der Waals surface area contributed by atoms with Crippen LogP contribution in [0, 0.1) is 5.82 Å². The number of amides is 1. The fraction of sp³-hybridized carbons (Fsp3) is 0.533. The van der Waals surface area contributed by atoms with Crippen LogP contribution in [0.1, 0.15) is 31.1 Å². The first-order chi connectivity index (χ1) is 10.3. The van der Waals surface area contributed by atoms with Gasteiger partial charge in [-0.05, 0) is 26.8 Å². The van der Waals surface area contributed by atoms with Gasteiger partial charge in [-0.3, -0.25) is 4.79 Å². The first kappa shape index (κ1) is 16.2. The van der Waals surface area contributed by atoms with Gasteiger partial charge in [0.15, 0.2) is 6.29 Å². The standard InChI is InChI=1S/C15H20FN3O3/c1-15(2,3)22-14(21)19-6-4-18(5-7-19)13-11(10-20)8-12(16)9-17-13/h8-10H,4-7H2,1-3H3. The highest BCUT2D eigenvalue weighted by atomic mass is 19.1. The van der Waals surface area contributed by atoms with Crippen molar-refractivity contribution >= 4 is 18.2 Å². The Bertz CT molecular complexity index is 564. The molecule has 2 rings (SSSR count). The molecule has 7 heteroatoms. The maximum absolute atomic E-state index is 13.1. The van der Waals surface area contributed by atoms with Gasteiger partial charge >= 0.3 is 6.09 Å². The van der Waals surface area contributed by atoms with Crippen molar-refractivity contribution in [2.45, 2.75) is 26.4 Å². The van der Waals surface area contributed by atoms with Gasteiger partial charge in [0.2, 0.25) is 0 Å². The molecule has 22 heavy (non-hydrogen) atoms. The van der Waals surface area contributed by atoms with Gasteiger partial charge in [-0.15, -0.1) is 0 Å². The molecule has 0 spiro atoms. The molecule has 0 saturated carbocycles. The second-order valence-corrected chi connectivity index (χ2v) is 6.14. The van der Waals surface area contributed by atoms with Gasteiger partial charge in [0.1, 0.15) is 17.2 Å². The van der Waals surface area contributed by atoms with Crippen LogP contribution in [0.25, 0.3) is 0 Å². The van der Waals surface area contributed by atoms with E-state index in [1.807, 2.05) is 25.7 Å². The molecule has 1 aliphatic rings. The van der Waals surface area contributed by atoms with Gasteiger partial charge in [0.25, 0.3) is 0 Å². The highest BCUT2D eigenvalue weighted by Gasteiger charge is 2.27. The first-order valence-corrected chi connectivity index (χ1v) is 7.14. The summed E-state index contributed by atoms with van der Waals surface area (Å²) < 4.78 is 18.4. The smallest absolute Gasteiger partial charge is 0.410 e. The molecule has 1 fully saturated rings. The molecule has 6 nitrogen and oxygen atoms in total. The molecule has 1 saturated heterocycles. The zero-order valence-corrected chi connectivity index (χ0v) is 13.0. The minimum atomic E-state index is -0.543. The number of hydrogen-bond donors (Lipinski definition) is 0. The quantitative estimate of drug-likeness (QED) is 0.783. The lowest BCUT2D eigenvalue weighted by Crippen LogP contribution is -2.50. The molecule has 0 aliphatic carbocycles. The summed E-state index contributed by atoms with van der Waals surface area (Å²) in [6.45, 7) is 7.41. The average Bonchev–Trinajstić information content (AvgIpc) is 2.45. The number of piperazine rings is 1. The maximum atomic E-state index is 13.1. The Balaban J connectivity index is 2.01. The summed E-state index contributed by atoms with van der Waals surface area (Å²) in [4.78, 5) is 30.5. The second-order valence-electron chi connectivity index (χ2n) is 6.14. The molecule has 1 aliphatic heterocycles. The predicted octanol–water partition coefficient (Wildman–Crippen LogP) is 2.09. The third-order valence-corrected chi connectivity index (χ3v) is 3.22. The number of anilines is 1. The number of carbonyl (C=O) groups excluding carboxylic acids is 2. The van der Waals surface area contributed by atoms with Crippen molar-refractivity contribution in [3.8, 4) is 0 Å². The minimum absolute atomic E-state index is 0.214. The fourth-order valence-electron chi connectivity index (χ4n) is 2.23. The van der Waals surface area contributed by atoms with Crippen LogP contribution in [0.5, 0.6) is 0 Å². The van der Waals surface area contributed by atoms with Crippen LogP contribution in [0.2, 0.25) is 0 Å². The SMILES string of the molecule is CC(C)(C)OC(=O)N1CCN(c2ncc(F)cc2C=O)CC1. The van der Waals surface area contributed by atoms with Crippen LogP contribution in [-0.4, -0.2) is 54.0 Å². The zero-order chi connectivity index (χ0) is 16.3. The molecule has 0 atom stereocenters. The van der Waals surface area contributed by atoms with E-state index in [-0.39, 0.29) is 11.7 Å². The Kier molecular flexibility index (Phi) is 4.63. The van der Waals surface area contributed by atoms with E-state index in [1.54, 1.807) is 4.90 Å². The number of carbonyl (C=O) groups is 2. The van der Waals surface area contributed by atoms with E-state index in [2.05, 4.69) is 4.98 Å². The second kappa shape index (κ2) is 6.29. The molecule has 0 N–H and O–H groups in total. The Morgan fingerprint density at radius 2 is 1.95 bits per heavy atom. The number of rotatable bonds is 2. The lowest BCUT2D eigenvalue weighted by molar-refractivity contribution is 0.0240. The summed E-state index contributed by atoms with van der Waals surface area (Å²) in [7, 11) is 0. The third kappa shape index (κ3) is 3.93. The van der Waals surface area contributed by atoms with Crippen molar-refractivity contribution in [2.24, 2.45) is 0 Å². The highest BCUT2D eigenvalue weighted by Crippen LogP contribution is 2.19. The van der Waals surface area contributed by atoms with E-state index >= 15 is 0 Å². The van der Waals surface area contributed by atoms with Crippen LogP contribution in [0.15, 0.2) is 12.3 Å². The summed E-state index contributed by atoms with van der Waals surface area (Å²) in [6, 6.07) is 1.16. The summed E-state index contributed by atoms with van der Waals surface area (Å²) in [5.41, 5.74) is -0.317. The molecular weight excluding hydrogens is 289 g/mol. The van der Waals surface area contributed by atoms with Crippen LogP contribution in [-0.2, 0) is 4.74 Å². The Morgan fingerprint density at radius 3 is 2.50 bits per heavy atom. The van der Waals surface area contributed by atoms with Crippen molar-refractivity contribution in [1.29, 1.82) is 0 Å². The van der Waals surface area contributed by atoms with Gasteiger partial charge in [0, 0.05) is 26.2 Å². The molecular formula is C15H20FN3O3. The van der Waals surface area contributed by atoms with Crippen molar-refractivity contribution in [3.05, 3.63) is 23.6 Å². The summed E-state index contributed by atoms with van der Waals surface area (Å²) in [5.74, 6) is -0.0986. The first-order valence-electron chi connectivity index (χ1n) is 7.14. The van der Waals surface area contributed by atoms with Crippen molar-refractivity contribution in [1.82, 2.24) is 9.88 Å². The number of ether oxygens (including phenoxy) is 1. The number of hydrogen-bond acceptors (Lipinski definition) is 5. The van der Waals surface area contributed by atoms with E-state index in [0.29, 0.717) is 38.3 Å². The molecule has 1 amide bonds. The lowest BCUT2D eigenvalue weighted by Gasteiger charge is -2.36. The molecule has 120 valence electrons. The Hall–Kier alpha value is -2.18. The topological polar surface area (TPSA) is 62.7 Å². The molecule has 0 unspecified atom stereocenters. The van der Waals surface area contributed by atoms with Crippen LogP contribution in [0.3, 0.4) is 0 Å². The molecule has 0 aromatic carbocycles. The maximum Gasteiger partial charge on any atom is 0.410 e. The van der Waals surface area contributed by atoms with Crippen molar-refractivity contribution < 1.29 is 18.7 Å². The predicted molar refractivity (Wildman–Crippen MR) is 79.6 cm³/mol. The van der Waals surface area contributed by atoms with E-state index in [9.17, 15) is 14.0 Å². The van der Waals surface area contributed by atoms with Crippen LogP contribution < -0.4 is 4.90 Å². The number of halogens is 1. The van der Waals surface area contributed by atoms with Crippen molar-refractivity contribution in [3.63, 3.8) is 0 Å². The molecule has 0 bridgehead atoms. The molecule has 1 aromatic heterocycles. The monoisotopic (exact) mass is 309 g/mol. The van der Waals surface area contributed by atoms with Crippen molar-refractivity contribution in [2.75, 3.05) is 31.1 Å². The fourth-order valence-corrected chi connectivity index (χ4v) is 2.23. The van der Waals surface area contributed by atoms with Gasteiger partial charge in [-0.25, -0.2) is 14.2 Å². The normalized spacial score (nSPS) is 15.6. The average molecular weight is 309 g/mol. The largest absolute Gasteiger partial charge is 0.444 e. The van der Waals surface area contributed by atoms with E-state index in [1.165, 1.54) is 0 Å².